The zero-order valence-electron chi connectivity index (χ0n) is 11.6. The van der Waals surface area contributed by atoms with Crippen molar-refractivity contribution in [2.24, 2.45) is 5.92 Å². The van der Waals surface area contributed by atoms with E-state index in [0.29, 0.717) is 12.6 Å². The molecule has 1 aromatic rings. The lowest BCUT2D eigenvalue weighted by molar-refractivity contribution is -0.141. The molecule has 0 radical (unpaired) electrons. The Labute approximate surface area is 122 Å². The van der Waals surface area contributed by atoms with Crippen molar-refractivity contribution in [2.75, 3.05) is 13.1 Å². The predicted octanol–water partition coefficient (Wildman–Crippen LogP) is 3.27. The summed E-state index contributed by atoms with van der Waals surface area (Å²) in [6, 6.07) is 6.60. The van der Waals surface area contributed by atoms with Crippen LogP contribution in [0.5, 0.6) is 0 Å². The third kappa shape index (κ3) is 3.18. The van der Waals surface area contributed by atoms with Crippen molar-refractivity contribution in [2.45, 2.75) is 32.7 Å². The van der Waals surface area contributed by atoms with Crippen molar-refractivity contribution >= 4 is 21.9 Å². The highest BCUT2D eigenvalue weighted by Gasteiger charge is 2.39. The summed E-state index contributed by atoms with van der Waals surface area (Å²) in [7, 11) is 0. The maximum absolute atomic E-state index is 11.5. The lowest BCUT2D eigenvalue weighted by Gasteiger charge is -2.20. The van der Waals surface area contributed by atoms with Gasteiger partial charge in [-0.15, -0.1) is 0 Å². The number of aryl methyl sites for hydroxylation is 1. The molecule has 0 aromatic heterocycles. The molecule has 1 heterocycles. The van der Waals surface area contributed by atoms with Crippen LogP contribution >= 0.6 is 15.9 Å². The van der Waals surface area contributed by atoms with Crippen LogP contribution in [-0.4, -0.2) is 35.1 Å². The van der Waals surface area contributed by atoms with Gasteiger partial charge in [0.05, 0.1) is 5.92 Å². The molecular weight excluding hydrogens is 306 g/mol. The van der Waals surface area contributed by atoms with E-state index in [-0.39, 0.29) is 11.8 Å². The Bertz CT molecular complexity index is 467. The minimum atomic E-state index is -0.689. The van der Waals surface area contributed by atoms with Gasteiger partial charge in [-0.2, -0.15) is 0 Å². The molecule has 2 rings (SSSR count). The second-order valence-corrected chi connectivity index (χ2v) is 6.58. The highest BCUT2D eigenvalue weighted by atomic mass is 79.9. The molecule has 2 atom stereocenters. The van der Waals surface area contributed by atoms with Gasteiger partial charge in [0, 0.05) is 29.5 Å². The number of carboxylic acid groups (broad SMARTS) is 1. The fourth-order valence-corrected chi connectivity index (χ4v) is 3.45. The number of rotatable bonds is 3. The number of carbonyl (C=O) groups is 1. The van der Waals surface area contributed by atoms with Gasteiger partial charge in [-0.1, -0.05) is 22.0 Å². The van der Waals surface area contributed by atoms with E-state index < -0.39 is 5.97 Å². The van der Waals surface area contributed by atoms with E-state index in [1.54, 1.807) is 0 Å². The molecule has 4 heteroatoms. The highest BCUT2D eigenvalue weighted by Crippen LogP contribution is 2.35. The van der Waals surface area contributed by atoms with Crippen molar-refractivity contribution in [1.82, 2.24) is 4.90 Å². The number of hydrogen-bond acceptors (Lipinski definition) is 2. The number of hydrogen-bond donors (Lipinski definition) is 1. The SMILES string of the molecule is Cc1cc(Br)cc(C2CN(C(C)C)CC2C(=O)O)c1. The van der Waals surface area contributed by atoms with Gasteiger partial charge in [0.2, 0.25) is 0 Å². The van der Waals surface area contributed by atoms with E-state index in [1.165, 1.54) is 0 Å². The van der Waals surface area contributed by atoms with Gasteiger partial charge >= 0.3 is 5.97 Å². The number of likely N-dealkylation sites (tertiary alicyclic amines) is 1. The van der Waals surface area contributed by atoms with Gasteiger partial charge < -0.3 is 5.11 Å². The van der Waals surface area contributed by atoms with Crippen molar-refractivity contribution in [3.05, 3.63) is 33.8 Å². The Balaban J connectivity index is 2.32. The first-order valence-electron chi connectivity index (χ1n) is 6.62. The molecule has 0 saturated carbocycles. The molecule has 1 aliphatic rings. The van der Waals surface area contributed by atoms with Gasteiger partial charge in [0.1, 0.15) is 0 Å². The second kappa shape index (κ2) is 5.63. The molecule has 0 bridgehead atoms. The summed E-state index contributed by atoms with van der Waals surface area (Å²) in [4.78, 5) is 13.7. The Hall–Kier alpha value is -0.870. The molecule has 2 unspecified atom stereocenters. The van der Waals surface area contributed by atoms with E-state index in [4.69, 9.17) is 0 Å². The summed E-state index contributed by atoms with van der Waals surface area (Å²) in [6.07, 6.45) is 0. The minimum absolute atomic E-state index is 0.0797. The number of carboxylic acids is 1. The van der Waals surface area contributed by atoms with Crippen LogP contribution in [0.3, 0.4) is 0 Å². The van der Waals surface area contributed by atoms with Gasteiger partial charge in [0.25, 0.3) is 0 Å². The molecular formula is C15H20BrNO2. The van der Waals surface area contributed by atoms with Gasteiger partial charge in [-0.25, -0.2) is 0 Å². The van der Waals surface area contributed by atoms with E-state index in [2.05, 4.69) is 52.9 Å². The number of halogens is 1. The lowest BCUT2D eigenvalue weighted by atomic mass is 9.88. The quantitative estimate of drug-likeness (QED) is 0.927. The zero-order chi connectivity index (χ0) is 14.2. The molecule has 1 aromatic carbocycles. The largest absolute Gasteiger partial charge is 0.481 e. The van der Waals surface area contributed by atoms with Gasteiger partial charge in [-0.05, 0) is 44.0 Å². The summed E-state index contributed by atoms with van der Waals surface area (Å²) in [6.45, 7) is 7.74. The summed E-state index contributed by atoms with van der Waals surface area (Å²) in [5.74, 6) is -0.919. The standard InChI is InChI=1S/C15H20BrNO2/c1-9(2)17-7-13(14(8-17)15(18)19)11-4-10(3)5-12(16)6-11/h4-6,9,13-14H,7-8H2,1-3H3,(H,18,19). The van der Waals surface area contributed by atoms with Crippen LogP contribution in [-0.2, 0) is 4.79 Å². The first kappa shape index (κ1) is 14.5. The normalized spacial score (nSPS) is 24.1. The van der Waals surface area contributed by atoms with E-state index in [1.807, 2.05) is 6.92 Å². The molecule has 104 valence electrons. The lowest BCUT2D eigenvalue weighted by Crippen LogP contribution is -2.29. The summed E-state index contributed by atoms with van der Waals surface area (Å²) in [5.41, 5.74) is 2.29. The van der Waals surface area contributed by atoms with Crippen molar-refractivity contribution < 1.29 is 9.90 Å². The Morgan fingerprint density at radius 1 is 1.37 bits per heavy atom. The molecule has 0 aliphatic carbocycles. The Morgan fingerprint density at radius 2 is 2.05 bits per heavy atom. The zero-order valence-corrected chi connectivity index (χ0v) is 13.1. The van der Waals surface area contributed by atoms with Crippen LogP contribution in [0.15, 0.2) is 22.7 Å². The van der Waals surface area contributed by atoms with E-state index in [0.717, 1.165) is 22.1 Å². The average Bonchev–Trinajstić information content (AvgIpc) is 2.72. The molecule has 1 fully saturated rings. The van der Waals surface area contributed by atoms with Gasteiger partial charge in [0.15, 0.2) is 0 Å². The molecule has 0 amide bonds. The molecule has 3 nitrogen and oxygen atoms in total. The monoisotopic (exact) mass is 325 g/mol. The van der Waals surface area contributed by atoms with Crippen molar-refractivity contribution in [3.8, 4) is 0 Å². The van der Waals surface area contributed by atoms with Crippen molar-refractivity contribution in [1.29, 1.82) is 0 Å². The number of benzene rings is 1. The minimum Gasteiger partial charge on any atom is -0.481 e. The smallest absolute Gasteiger partial charge is 0.308 e. The summed E-state index contributed by atoms with van der Waals surface area (Å²) in [5, 5.41) is 9.44. The summed E-state index contributed by atoms with van der Waals surface area (Å²) < 4.78 is 1.02. The third-order valence-corrected chi connectivity index (χ3v) is 4.35. The van der Waals surface area contributed by atoms with Crippen LogP contribution in [0.4, 0.5) is 0 Å². The fraction of sp³-hybridized carbons (Fsp3) is 0.533. The van der Waals surface area contributed by atoms with Crippen LogP contribution in [0.25, 0.3) is 0 Å². The number of aliphatic carboxylic acids is 1. The Kier molecular flexibility index (Phi) is 4.31. The molecule has 1 aliphatic heterocycles. The molecule has 19 heavy (non-hydrogen) atoms. The van der Waals surface area contributed by atoms with E-state index in [9.17, 15) is 9.90 Å². The molecule has 1 N–H and O–H groups in total. The van der Waals surface area contributed by atoms with Crippen LogP contribution in [0.1, 0.15) is 30.9 Å². The fourth-order valence-electron chi connectivity index (χ4n) is 2.82. The summed E-state index contributed by atoms with van der Waals surface area (Å²) >= 11 is 3.50. The predicted molar refractivity (Wildman–Crippen MR) is 79.5 cm³/mol. The molecule has 0 spiro atoms. The Morgan fingerprint density at radius 3 is 2.58 bits per heavy atom. The van der Waals surface area contributed by atoms with E-state index >= 15 is 0 Å². The van der Waals surface area contributed by atoms with Gasteiger partial charge in [-0.3, -0.25) is 9.69 Å². The first-order chi connectivity index (χ1) is 8.88. The topological polar surface area (TPSA) is 40.5 Å². The van der Waals surface area contributed by atoms with Crippen LogP contribution in [0, 0.1) is 12.8 Å². The van der Waals surface area contributed by atoms with Crippen LogP contribution < -0.4 is 0 Å². The number of nitrogens with zero attached hydrogens (tertiary/aromatic N) is 1. The van der Waals surface area contributed by atoms with Crippen molar-refractivity contribution in [3.63, 3.8) is 0 Å². The van der Waals surface area contributed by atoms with Crippen LogP contribution in [0.2, 0.25) is 0 Å². The highest BCUT2D eigenvalue weighted by molar-refractivity contribution is 9.10. The maximum atomic E-state index is 11.5. The first-order valence-corrected chi connectivity index (χ1v) is 7.41. The second-order valence-electron chi connectivity index (χ2n) is 5.66. The third-order valence-electron chi connectivity index (χ3n) is 3.89. The maximum Gasteiger partial charge on any atom is 0.308 e. The average molecular weight is 326 g/mol. The molecule has 1 saturated heterocycles.